The van der Waals surface area contributed by atoms with E-state index < -0.39 is 17.4 Å². The summed E-state index contributed by atoms with van der Waals surface area (Å²) in [5.41, 5.74) is 2.93. The van der Waals surface area contributed by atoms with Gasteiger partial charge in [0.05, 0.1) is 0 Å². The van der Waals surface area contributed by atoms with Crippen molar-refractivity contribution in [3.05, 3.63) is 34.4 Å². The molecule has 6 heteroatoms. The third-order valence-electron chi connectivity index (χ3n) is 11.8. The molecule has 2 aliphatic rings. The summed E-state index contributed by atoms with van der Waals surface area (Å²) in [4.78, 5) is 34.4. The highest BCUT2D eigenvalue weighted by Crippen LogP contribution is 2.42. The van der Waals surface area contributed by atoms with Crippen LogP contribution in [0.25, 0.3) is 0 Å². The second-order valence-corrected chi connectivity index (χ2v) is 18.7. The fourth-order valence-electron chi connectivity index (χ4n) is 8.33. The van der Waals surface area contributed by atoms with Crippen molar-refractivity contribution in [1.82, 2.24) is 9.80 Å². The monoisotopic (exact) mass is 655 g/mol. The van der Waals surface area contributed by atoms with E-state index in [0.717, 1.165) is 44.1 Å². The van der Waals surface area contributed by atoms with Crippen LogP contribution in [0.2, 0.25) is 0 Å². The van der Waals surface area contributed by atoms with Gasteiger partial charge in [0.2, 0.25) is 0 Å². The van der Waals surface area contributed by atoms with E-state index in [4.69, 9.17) is 9.47 Å². The normalized spacial score (nSPS) is 26.8. The minimum absolute atomic E-state index is 0.0983. The molecule has 1 aromatic rings. The van der Waals surface area contributed by atoms with E-state index in [2.05, 4.69) is 133 Å². The molecule has 2 aliphatic heterocycles. The van der Waals surface area contributed by atoms with Crippen molar-refractivity contribution in [1.29, 1.82) is 0 Å². The average molecular weight is 655 g/mol. The Kier molecular flexibility index (Phi) is 11.9. The largest absolute Gasteiger partial charge is 0.461 e. The molecule has 1 aromatic carbocycles. The number of rotatable bonds is 9. The number of unbranched alkanes of at least 4 members (excludes halogenated alkanes) is 1. The molecule has 2 heterocycles. The van der Waals surface area contributed by atoms with Crippen molar-refractivity contribution in [2.75, 3.05) is 14.1 Å². The van der Waals surface area contributed by atoms with Crippen molar-refractivity contribution in [3.8, 4) is 0 Å². The summed E-state index contributed by atoms with van der Waals surface area (Å²) < 4.78 is 13.0. The third kappa shape index (κ3) is 8.82. The summed E-state index contributed by atoms with van der Waals surface area (Å²) in [6.07, 6.45) is 4.72. The molecular weight excluding hydrogens is 584 g/mol. The first-order valence-electron chi connectivity index (χ1n) is 18.4. The molecule has 0 spiro atoms. The number of piperidine rings is 2. The number of likely N-dealkylation sites (tertiary alicyclic amines) is 2. The minimum atomic E-state index is -1.43. The molecule has 268 valence electrons. The second kappa shape index (κ2) is 14.1. The highest BCUT2D eigenvalue weighted by molar-refractivity contribution is 6.00. The van der Waals surface area contributed by atoms with Crippen LogP contribution < -0.4 is 0 Å². The Morgan fingerprint density at radius 2 is 1.17 bits per heavy atom. The summed E-state index contributed by atoms with van der Waals surface area (Å²) in [7, 11) is 4.29. The lowest BCUT2D eigenvalue weighted by Gasteiger charge is -2.48. The van der Waals surface area contributed by atoms with Crippen LogP contribution >= 0.6 is 0 Å². The number of carbonyl (C=O) groups is 2. The van der Waals surface area contributed by atoms with Gasteiger partial charge >= 0.3 is 11.9 Å². The number of esters is 2. The maximum atomic E-state index is 14.9. The van der Waals surface area contributed by atoms with Gasteiger partial charge in [-0.1, -0.05) is 73.4 Å². The molecule has 4 unspecified atom stereocenters. The summed E-state index contributed by atoms with van der Waals surface area (Å²) >= 11 is 0. The summed E-state index contributed by atoms with van der Waals surface area (Å²) in [5.74, 6) is -0.826. The number of carbonyl (C=O) groups excluding carboxylic acids is 2. The summed E-state index contributed by atoms with van der Waals surface area (Å²) in [5, 5.41) is 0. The second-order valence-electron chi connectivity index (χ2n) is 18.7. The van der Waals surface area contributed by atoms with Crippen LogP contribution in [-0.4, -0.2) is 71.2 Å². The lowest BCUT2D eigenvalue weighted by Crippen LogP contribution is -2.56. The Balaban J connectivity index is 2.16. The zero-order chi connectivity index (χ0) is 35.9. The molecular formula is C41H70N2O4. The van der Waals surface area contributed by atoms with Gasteiger partial charge in [0, 0.05) is 36.0 Å². The van der Waals surface area contributed by atoms with E-state index in [9.17, 15) is 9.59 Å². The fourth-order valence-corrected chi connectivity index (χ4v) is 8.33. The van der Waals surface area contributed by atoms with Gasteiger partial charge in [0.25, 0.3) is 0 Å². The van der Waals surface area contributed by atoms with Gasteiger partial charge in [-0.25, -0.2) is 0 Å². The van der Waals surface area contributed by atoms with Crippen LogP contribution in [0.5, 0.6) is 0 Å². The van der Waals surface area contributed by atoms with Gasteiger partial charge in [0.15, 0.2) is 5.41 Å². The maximum Gasteiger partial charge on any atom is 0.324 e. The van der Waals surface area contributed by atoms with Gasteiger partial charge in [-0.05, 0) is 121 Å². The average Bonchev–Trinajstić information content (AvgIpc) is 2.91. The van der Waals surface area contributed by atoms with E-state index in [1.54, 1.807) is 0 Å². The smallest absolute Gasteiger partial charge is 0.324 e. The Bertz CT molecular complexity index is 1180. The summed E-state index contributed by atoms with van der Waals surface area (Å²) in [6.45, 7) is 31.0. The van der Waals surface area contributed by atoms with Crippen molar-refractivity contribution in [2.24, 2.45) is 5.41 Å². The highest BCUT2D eigenvalue weighted by Gasteiger charge is 2.52. The number of hydrogen-bond donors (Lipinski definition) is 0. The third-order valence-corrected chi connectivity index (χ3v) is 11.8. The van der Waals surface area contributed by atoms with Gasteiger partial charge < -0.3 is 9.47 Å². The molecule has 0 saturated carbocycles. The number of nitrogens with zero attached hydrogens (tertiary/aromatic N) is 2. The maximum absolute atomic E-state index is 14.9. The predicted molar refractivity (Wildman–Crippen MR) is 195 cm³/mol. The zero-order valence-corrected chi connectivity index (χ0v) is 33.1. The Morgan fingerprint density at radius 1 is 0.787 bits per heavy atom. The van der Waals surface area contributed by atoms with Crippen LogP contribution in [0, 0.1) is 12.3 Å². The molecule has 6 nitrogen and oxygen atoms in total. The number of hydrogen-bond acceptors (Lipinski definition) is 6. The first-order valence-corrected chi connectivity index (χ1v) is 18.4. The van der Waals surface area contributed by atoms with Crippen molar-refractivity contribution < 1.29 is 19.1 Å². The van der Waals surface area contributed by atoms with E-state index >= 15 is 0 Å². The molecule has 47 heavy (non-hydrogen) atoms. The lowest BCUT2D eigenvalue weighted by atomic mass is 9.72. The van der Waals surface area contributed by atoms with Crippen LogP contribution in [-0.2, 0) is 36.3 Å². The molecule has 0 bridgehead atoms. The van der Waals surface area contributed by atoms with Crippen LogP contribution in [0.15, 0.2) is 12.1 Å². The molecule has 0 N–H and O–H groups in total. The molecule has 4 atom stereocenters. The quantitative estimate of drug-likeness (QED) is 0.196. The molecule has 3 rings (SSSR count). The molecule has 2 saturated heterocycles. The van der Waals surface area contributed by atoms with Crippen molar-refractivity contribution in [3.63, 3.8) is 0 Å². The van der Waals surface area contributed by atoms with Gasteiger partial charge in [-0.2, -0.15) is 0 Å². The zero-order valence-electron chi connectivity index (χ0n) is 33.1. The van der Waals surface area contributed by atoms with Crippen LogP contribution in [0.4, 0.5) is 0 Å². The van der Waals surface area contributed by atoms with Gasteiger partial charge in [-0.3, -0.25) is 19.4 Å². The first kappa shape index (κ1) is 39.5. The lowest BCUT2D eigenvalue weighted by molar-refractivity contribution is -0.185. The summed E-state index contributed by atoms with van der Waals surface area (Å²) in [6, 6.07) is 5.01. The first-order chi connectivity index (χ1) is 21.4. The molecule has 2 fully saturated rings. The van der Waals surface area contributed by atoms with Crippen LogP contribution in [0.1, 0.15) is 157 Å². The van der Waals surface area contributed by atoms with Crippen molar-refractivity contribution >= 4 is 11.9 Å². The topological polar surface area (TPSA) is 59.1 Å². The minimum Gasteiger partial charge on any atom is -0.461 e. The van der Waals surface area contributed by atoms with E-state index in [0.29, 0.717) is 6.42 Å². The van der Waals surface area contributed by atoms with E-state index in [1.807, 2.05) is 0 Å². The number of benzene rings is 1. The standard InChI is InChI=1S/C41H70N2O4/c1-17-18-19-41(35(44)46-31-20-27(2)42(15)39(11,12)25-31,36(45)47-32-21-28(3)43(16)40(13,14)26-32)24-30-22-33(37(5,6)7)29(4)34(23-30)38(8,9)10/h22-23,27-28,31-32H,17-21,24-26H2,1-16H3. The number of ether oxygens (including phenoxy) is 2. The Morgan fingerprint density at radius 3 is 1.49 bits per heavy atom. The highest BCUT2D eigenvalue weighted by atomic mass is 16.6. The van der Waals surface area contributed by atoms with Crippen molar-refractivity contribution in [2.45, 2.75) is 194 Å². The predicted octanol–water partition coefficient (Wildman–Crippen LogP) is 8.92. The molecule has 0 aliphatic carbocycles. The van der Waals surface area contributed by atoms with Gasteiger partial charge in [-0.15, -0.1) is 0 Å². The molecule has 0 aromatic heterocycles. The Labute approximate surface area is 288 Å². The Hall–Kier alpha value is -1.92. The fraction of sp³-hybridized carbons (Fsp3) is 0.805. The molecule has 0 radical (unpaired) electrons. The van der Waals surface area contributed by atoms with Crippen LogP contribution in [0.3, 0.4) is 0 Å². The van der Waals surface area contributed by atoms with Gasteiger partial charge in [0.1, 0.15) is 12.2 Å². The molecule has 0 amide bonds. The van der Waals surface area contributed by atoms with E-state index in [-0.39, 0.29) is 52.6 Å². The SMILES string of the molecule is CCCCC(Cc1cc(C(C)(C)C)c(C)c(C(C)(C)C)c1)(C(=O)OC1CC(C)N(C)C(C)(C)C1)C(=O)OC1CC(C)N(C)C(C)(C)C1. The van der Waals surface area contributed by atoms with E-state index in [1.165, 1.54) is 16.7 Å².